The number of ether oxygens (including phenoxy) is 2. The Labute approximate surface area is 180 Å². The van der Waals surface area contributed by atoms with Gasteiger partial charge in [0.15, 0.2) is 0 Å². The monoisotopic (exact) mass is 415 g/mol. The summed E-state index contributed by atoms with van der Waals surface area (Å²) in [4.78, 5) is 22.7. The highest BCUT2D eigenvalue weighted by Gasteiger charge is 2.27. The summed E-state index contributed by atoms with van der Waals surface area (Å²) in [5.41, 5.74) is 6.52. The molecule has 2 aromatic heterocycles. The summed E-state index contributed by atoms with van der Waals surface area (Å²) in [7, 11) is 1.67. The number of methoxy groups -OCH3 is 1. The Kier molecular flexibility index (Phi) is 4.98. The van der Waals surface area contributed by atoms with Crippen molar-refractivity contribution in [2.45, 2.75) is 26.3 Å². The van der Waals surface area contributed by atoms with E-state index < -0.39 is 0 Å². The Balaban J connectivity index is 1.63. The minimum absolute atomic E-state index is 0.273. The molecule has 1 N–H and O–H groups in total. The number of nitrogens with one attached hydrogen (secondary N) is 1. The van der Waals surface area contributed by atoms with Crippen LogP contribution in [0.4, 0.5) is 4.79 Å². The van der Waals surface area contributed by atoms with E-state index in [9.17, 15) is 4.79 Å². The first-order valence-electron chi connectivity index (χ1n) is 10.6. The van der Waals surface area contributed by atoms with E-state index in [-0.39, 0.29) is 6.09 Å². The molecule has 1 aliphatic rings. The number of carbonyl (C=O) groups excluding carboxylic acids is 1. The second-order valence-corrected chi connectivity index (χ2v) is 7.80. The molecule has 158 valence electrons. The number of hydrogen-bond acceptors (Lipinski definition) is 4. The van der Waals surface area contributed by atoms with Crippen molar-refractivity contribution in [2.75, 3.05) is 20.3 Å². The van der Waals surface area contributed by atoms with Gasteiger partial charge in [-0.2, -0.15) is 0 Å². The fourth-order valence-electron chi connectivity index (χ4n) is 4.44. The van der Waals surface area contributed by atoms with Crippen LogP contribution < -0.4 is 4.74 Å². The molecule has 31 heavy (non-hydrogen) atoms. The molecular weight excluding hydrogens is 390 g/mol. The predicted octanol–water partition coefficient (Wildman–Crippen LogP) is 4.83. The van der Waals surface area contributed by atoms with Crippen LogP contribution >= 0.6 is 0 Å². The molecular formula is C25H25N3O3. The third-order valence-electron chi connectivity index (χ3n) is 5.94. The number of aromatic nitrogens is 2. The maximum Gasteiger partial charge on any atom is 0.410 e. The number of nitrogens with zero attached hydrogens (tertiary/aromatic N) is 2. The van der Waals surface area contributed by atoms with Crippen molar-refractivity contribution in [1.82, 2.24) is 14.9 Å². The van der Waals surface area contributed by atoms with Crippen molar-refractivity contribution in [3.63, 3.8) is 0 Å². The molecule has 0 saturated heterocycles. The van der Waals surface area contributed by atoms with E-state index >= 15 is 0 Å². The number of carbonyl (C=O) groups is 1. The number of para-hydroxylation sites is 1. The third kappa shape index (κ3) is 3.48. The van der Waals surface area contributed by atoms with Gasteiger partial charge in [0, 0.05) is 29.3 Å². The van der Waals surface area contributed by atoms with Crippen LogP contribution in [0.2, 0.25) is 0 Å². The molecule has 0 saturated carbocycles. The van der Waals surface area contributed by atoms with Crippen molar-refractivity contribution in [3.05, 3.63) is 71.0 Å². The fraction of sp³-hybridized carbons (Fsp3) is 0.280. The zero-order valence-corrected chi connectivity index (χ0v) is 17.8. The van der Waals surface area contributed by atoms with Crippen LogP contribution in [0.3, 0.4) is 0 Å². The van der Waals surface area contributed by atoms with E-state index in [2.05, 4.69) is 35.3 Å². The van der Waals surface area contributed by atoms with E-state index in [1.807, 2.05) is 25.1 Å². The van der Waals surface area contributed by atoms with Crippen LogP contribution in [-0.4, -0.2) is 41.2 Å². The molecule has 6 nitrogen and oxygen atoms in total. The van der Waals surface area contributed by atoms with Crippen LogP contribution in [0.15, 0.2) is 48.5 Å². The van der Waals surface area contributed by atoms with Crippen molar-refractivity contribution >= 4 is 27.9 Å². The summed E-state index contributed by atoms with van der Waals surface area (Å²) >= 11 is 0. The lowest BCUT2D eigenvalue weighted by atomic mass is 9.96. The topological polar surface area (TPSA) is 67.4 Å². The summed E-state index contributed by atoms with van der Waals surface area (Å²) in [6, 6.07) is 16.5. The molecule has 0 aliphatic carbocycles. The first kappa shape index (κ1) is 19.4. The first-order chi connectivity index (χ1) is 15.2. The number of amides is 1. The fourth-order valence-corrected chi connectivity index (χ4v) is 4.44. The Hall–Kier alpha value is -3.54. The third-order valence-corrected chi connectivity index (χ3v) is 5.94. The lowest BCUT2D eigenvalue weighted by molar-refractivity contribution is 0.102. The number of hydrogen-bond donors (Lipinski definition) is 1. The normalized spacial score (nSPS) is 13.4. The Morgan fingerprint density at radius 1 is 1.16 bits per heavy atom. The molecule has 3 heterocycles. The first-order valence-corrected chi connectivity index (χ1v) is 10.6. The molecule has 0 spiro atoms. The second kappa shape index (κ2) is 7.95. The van der Waals surface area contributed by atoms with Gasteiger partial charge in [0.05, 0.1) is 37.2 Å². The average Bonchev–Trinajstić information content (AvgIpc) is 3.20. The highest BCUT2D eigenvalue weighted by atomic mass is 16.6. The number of benzene rings is 2. The zero-order chi connectivity index (χ0) is 21.4. The van der Waals surface area contributed by atoms with Gasteiger partial charge in [0.25, 0.3) is 0 Å². The minimum Gasteiger partial charge on any atom is -0.497 e. The SMILES string of the molecule is CCOC(=O)N1CCc2c(nc(Cc3ccc(OC)cc3)c3[nH]c4ccccc4c23)C1. The van der Waals surface area contributed by atoms with Gasteiger partial charge in [-0.15, -0.1) is 0 Å². The summed E-state index contributed by atoms with van der Waals surface area (Å²) in [6.45, 7) is 3.31. The molecule has 6 heteroatoms. The van der Waals surface area contributed by atoms with Gasteiger partial charge in [-0.25, -0.2) is 4.79 Å². The summed E-state index contributed by atoms with van der Waals surface area (Å²) in [5.74, 6) is 0.836. The van der Waals surface area contributed by atoms with E-state index in [4.69, 9.17) is 14.5 Å². The number of aromatic amines is 1. The highest BCUT2D eigenvalue weighted by molar-refractivity contribution is 6.10. The van der Waals surface area contributed by atoms with Crippen LogP contribution in [0.25, 0.3) is 21.8 Å². The molecule has 1 aliphatic heterocycles. The summed E-state index contributed by atoms with van der Waals surface area (Å²) in [6.07, 6.45) is 1.19. The number of rotatable bonds is 4. The lowest BCUT2D eigenvalue weighted by Gasteiger charge is -2.28. The smallest absolute Gasteiger partial charge is 0.410 e. The van der Waals surface area contributed by atoms with Crippen molar-refractivity contribution in [2.24, 2.45) is 0 Å². The molecule has 0 fully saturated rings. The standard InChI is InChI=1S/C25H25N3O3/c1-3-31-25(29)28-13-12-19-22(15-28)26-21(14-16-8-10-17(30-2)11-9-16)24-23(19)18-6-4-5-7-20(18)27-24/h4-11,27H,3,12-15H2,1-2H3. The van der Waals surface area contributed by atoms with Gasteiger partial charge in [-0.1, -0.05) is 30.3 Å². The molecule has 4 aromatic rings. The zero-order valence-electron chi connectivity index (χ0n) is 17.8. The molecule has 2 aromatic carbocycles. The lowest BCUT2D eigenvalue weighted by Crippen LogP contribution is -2.37. The quantitative estimate of drug-likeness (QED) is 0.518. The van der Waals surface area contributed by atoms with Gasteiger partial charge in [-0.3, -0.25) is 4.98 Å². The van der Waals surface area contributed by atoms with Gasteiger partial charge in [0.1, 0.15) is 5.75 Å². The van der Waals surface area contributed by atoms with E-state index in [0.717, 1.165) is 40.2 Å². The van der Waals surface area contributed by atoms with Crippen LogP contribution in [-0.2, 0) is 24.1 Å². The van der Waals surface area contributed by atoms with Gasteiger partial charge in [-0.05, 0) is 42.7 Å². The van der Waals surface area contributed by atoms with E-state index in [1.54, 1.807) is 12.0 Å². The Morgan fingerprint density at radius 3 is 2.74 bits per heavy atom. The van der Waals surface area contributed by atoms with E-state index in [0.29, 0.717) is 26.1 Å². The number of H-pyrrole nitrogens is 1. The largest absolute Gasteiger partial charge is 0.497 e. The van der Waals surface area contributed by atoms with Crippen molar-refractivity contribution < 1.29 is 14.3 Å². The van der Waals surface area contributed by atoms with Crippen molar-refractivity contribution in [3.8, 4) is 5.75 Å². The van der Waals surface area contributed by atoms with Gasteiger partial charge >= 0.3 is 6.09 Å². The Morgan fingerprint density at radius 2 is 1.97 bits per heavy atom. The minimum atomic E-state index is -0.273. The highest BCUT2D eigenvalue weighted by Crippen LogP contribution is 2.35. The predicted molar refractivity (Wildman–Crippen MR) is 121 cm³/mol. The summed E-state index contributed by atoms with van der Waals surface area (Å²) < 4.78 is 10.5. The number of fused-ring (bicyclic) bond motifs is 5. The second-order valence-electron chi connectivity index (χ2n) is 7.80. The van der Waals surface area contributed by atoms with Crippen LogP contribution in [0.1, 0.15) is 29.4 Å². The molecule has 0 bridgehead atoms. The maximum absolute atomic E-state index is 12.3. The maximum atomic E-state index is 12.3. The Bertz CT molecular complexity index is 1260. The molecule has 5 rings (SSSR count). The molecule has 0 unspecified atom stereocenters. The molecule has 1 amide bonds. The number of pyridine rings is 1. The van der Waals surface area contributed by atoms with Crippen LogP contribution in [0, 0.1) is 0 Å². The average molecular weight is 415 g/mol. The van der Waals surface area contributed by atoms with Crippen molar-refractivity contribution in [1.29, 1.82) is 0 Å². The molecule has 0 atom stereocenters. The van der Waals surface area contributed by atoms with Gasteiger partial charge in [0.2, 0.25) is 0 Å². The van der Waals surface area contributed by atoms with Crippen LogP contribution in [0.5, 0.6) is 5.75 Å². The summed E-state index contributed by atoms with van der Waals surface area (Å²) in [5, 5.41) is 2.43. The molecule has 0 radical (unpaired) electrons. The van der Waals surface area contributed by atoms with Gasteiger partial charge < -0.3 is 19.4 Å². The van der Waals surface area contributed by atoms with E-state index in [1.165, 1.54) is 16.3 Å².